The molecule has 0 bridgehead atoms. The number of nitrogens with two attached hydrogens (primary N) is 1. The van der Waals surface area contributed by atoms with Crippen LogP contribution >= 0.6 is 0 Å². The van der Waals surface area contributed by atoms with Crippen molar-refractivity contribution in [2.75, 3.05) is 32.7 Å². The van der Waals surface area contributed by atoms with Crippen molar-refractivity contribution in [2.24, 2.45) is 11.0 Å². The second-order valence-electron chi connectivity index (χ2n) is 3.70. The van der Waals surface area contributed by atoms with Crippen molar-refractivity contribution in [3.63, 3.8) is 0 Å². The number of carbonyl (C=O) groups is 1. The van der Waals surface area contributed by atoms with Crippen molar-refractivity contribution in [1.29, 1.82) is 0 Å². The average molecular weight is 231 g/mol. The molecule has 1 aliphatic rings. The third-order valence-corrected chi connectivity index (χ3v) is 2.54. The van der Waals surface area contributed by atoms with E-state index in [1.54, 1.807) is 11.9 Å². The zero-order chi connectivity index (χ0) is 12.1. The predicted octanol–water partition coefficient (Wildman–Crippen LogP) is -1.67. The van der Waals surface area contributed by atoms with E-state index in [-0.39, 0.29) is 6.54 Å². The number of nitrogens with zero attached hydrogens (tertiary/aromatic N) is 4. The summed E-state index contributed by atoms with van der Waals surface area (Å²) in [5.41, 5.74) is 4.99. The van der Waals surface area contributed by atoms with Gasteiger partial charge in [0.2, 0.25) is 5.91 Å². The lowest BCUT2D eigenvalue weighted by molar-refractivity contribution is -0.129. The maximum atomic E-state index is 10.7. The fraction of sp³-hybridized carbons (Fsp3) is 0.875. The van der Waals surface area contributed by atoms with Crippen molar-refractivity contribution in [3.8, 4) is 0 Å². The molecule has 0 aromatic carbocycles. The molecule has 0 aliphatic carbocycles. The fourth-order valence-electron chi connectivity index (χ4n) is 1.64. The molecule has 1 rings (SSSR count). The monoisotopic (exact) mass is 231 g/mol. The zero-order valence-corrected chi connectivity index (χ0v) is 9.24. The Bertz CT molecular complexity index is 252. The van der Waals surface area contributed by atoms with Gasteiger partial charge in [0.05, 0.1) is 5.29 Å². The van der Waals surface area contributed by atoms with Crippen molar-refractivity contribution in [3.05, 3.63) is 4.91 Å². The van der Waals surface area contributed by atoms with Crippen molar-refractivity contribution < 1.29 is 9.90 Å². The summed E-state index contributed by atoms with van der Waals surface area (Å²) in [6.45, 7) is 3.77. The molecule has 1 aliphatic heterocycles. The summed E-state index contributed by atoms with van der Waals surface area (Å²) in [7, 11) is 0. The van der Waals surface area contributed by atoms with Gasteiger partial charge in [-0.15, -0.1) is 4.91 Å². The predicted molar refractivity (Wildman–Crippen MR) is 56.5 cm³/mol. The van der Waals surface area contributed by atoms with Gasteiger partial charge in [-0.05, 0) is 6.92 Å². The van der Waals surface area contributed by atoms with E-state index in [9.17, 15) is 14.8 Å². The number of hydrazine groups is 1. The Balaban J connectivity index is 2.44. The molecule has 1 saturated heterocycles. The molecule has 0 aromatic heterocycles. The molecule has 3 N–H and O–H groups in total. The molecule has 1 fully saturated rings. The van der Waals surface area contributed by atoms with Gasteiger partial charge in [0.15, 0.2) is 0 Å². The van der Waals surface area contributed by atoms with Gasteiger partial charge in [-0.1, -0.05) is 0 Å². The molecule has 0 saturated carbocycles. The summed E-state index contributed by atoms with van der Waals surface area (Å²) in [5.74, 6) is -0.599. The van der Waals surface area contributed by atoms with Gasteiger partial charge in [0.1, 0.15) is 12.8 Å². The van der Waals surface area contributed by atoms with Gasteiger partial charge in [-0.25, -0.2) is 0 Å². The Kier molecular flexibility index (Phi) is 4.59. The number of aliphatic hydroxyl groups excluding tert-OH is 1. The minimum atomic E-state index is -0.599. The first kappa shape index (κ1) is 12.8. The second kappa shape index (κ2) is 5.73. The summed E-state index contributed by atoms with van der Waals surface area (Å²) in [6.07, 6.45) is -0.504. The van der Waals surface area contributed by atoms with Crippen molar-refractivity contribution >= 4 is 5.91 Å². The van der Waals surface area contributed by atoms with E-state index < -0.39 is 12.1 Å². The number of primary amides is 1. The first-order valence-electron chi connectivity index (χ1n) is 5.10. The summed E-state index contributed by atoms with van der Waals surface area (Å²) < 4.78 is 0. The van der Waals surface area contributed by atoms with Gasteiger partial charge in [0.25, 0.3) is 0 Å². The molecule has 1 unspecified atom stereocenters. The Labute approximate surface area is 93.5 Å². The molecule has 92 valence electrons. The normalized spacial score (nSPS) is 20.4. The van der Waals surface area contributed by atoms with Crippen LogP contribution in [0.1, 0.15) is 6.92 Å². The highest BCUT2D eigenvalue weighted by Crippen LogP contribution is 2.07. The second-order valence-corrected chi connectivity index (χ2v) is 3.70. The van der Waals surface area contributed by atoms with Crippen LogP contribution in [0, 0.1) is 4.91 Å². The summed E-state index contributed by atoms with van der Waals surface area (Å²) in [5, 5.41) is 14.8. The van der Waals surface area contributed by atoms with E-state index in [4.69, 9.17) is 5.73 Å². The largest absolute Gasteiger partial charge is 0.379 e. The number of hydrogen-bond acceptors (Lipinski definition) is 6. The highest BCUT2D eigenvalue weighted by molar-refractivity contribution is 5.75. The lowest BCUT2D eigenvalue weighted by Gasteiger charge is -2.38. The van der Waals surface area contributed by atoms with Crippen LogP contribution < -0.4 is 5.73 Å². The van der Waals surface area contributed by atoms with Gasteiger partial charge in [-0.3, -0.25) is 9.69 Å². The van der Waals surface area contributed by atoms with Crippen LogP contribution in [0.4, 0.5) is 0 Å². The maximum absolute atomic E-state index is 10.7. The molecule has 1 amide bonds. The molecular formula is C8H17N5O3. The molecular weight excluding hydrogens is 214 g/mol. The third kappa shape index (κ3) is 3.40. The minimum Gasteiger partial charge on any atom is -0.379 e. The van der Waals surface area contributed by atoms with E-state index in [1.165, 1.54) is 0 Å². The quantitative estimate of drug-likeness (QED) is 0.433. The average Bonchev–Trinajstić information content (AvgIpc) is 2.25. The number of piperazine rings is 1. The maximum Gasteiger partial charge on any atom is 0.240 e. The molecule has 1 atom stereocenters. The highest BCUT2D eigenvalue weighted by Gasteiger charge is 2.24. The van der Waals surface area contributed by atoms with E-state index in [1.807, 2.05) is 4.90 Å². The van der Waals surface area contributed by atoms with Crippen LogP contribution in [0.5, 0.6) is 0 Å². The van der Waals surface area contributed by atoms with Crippen molar-refractivity contribution in [1.82, 2.24) is 15.0 Å². The smallest absolute Gasteiger partial charge is 0.240 e. The summed E-state index contributed by atoms with van der Waals surface area (Å²) in [4.78, 5) is 23.1. The molecule has 0 radical (unpaired) electrons. The zero-order valence-electron chi connectivity index (χ0n) is 9.24. The van der Waals surface area contributed by atoms with Gasteiger partial charge in [0, 0.05) is 26.2 Å². The van der Waals surface area contributed by atoms with Crippen LogP contribution in [0.3, 0.4) is 0 Å². The summed E-state index contributed by atoms with van der Waals surface area (Å²) >= 11 is 0. The number of nitroso groups, excluding NO2 is 1. The number of carbonyl (C=O) groups excluding carboxylic acids is 1. The SMILES string of the molecule is CC(O)N1CCN(N(CC(N)=O)N=O)CC1. The lowest BCUT2D eigenvalue weighted by Crippen LogP contribution is -2.55. The summed E-state index contributed by atoms with van der Waals surface area (Å²) in [6, 6.07) is 0. The molecule has 8 nitrogen and oxygen atoms in total. The van der Waals surface area contributed by atoms with Gasteiger partial charge < -0.3 is 10.8 Å². The van der Waals surface area contributed by atoms with Gasteiger partial charge in [-0.2, -0.15) is 10.1 Å². The molecule has 8 heteroatoms. The van der Waals surface area contributed by atoms with Gasteiger partial charge >= 0.3 is 0 Å². The van der Waals surface area contributed by atoms with E-state index in [2.05, 4.69) is 5.29 Å². The molecule has 0 aromatic rings. The number of hydrogen-bond donors (Lipinski definition) is 2. The van der Waals surface area contributed by atoms with E-state index in [0.29, 0.717) is 26.2 Å². The Morgan fingerprint density at radius 1 is 1.50 bits per heavy atom. The Morgan fingerprint density at radius 3 is 2.44 bits per heavy atom. The number of amides is 1. The fourth-order valence-corrected chi connectivity index (χ4v) is 1.64. The number of rotatable bonds is 5. The standard InChI is InChI=1S/C8H17N5O3/c1-7(14)11-2-4-12(5-3-11)13(10-16)6-8(9)15/h7,14H,2-6H2,1H3,(H2,9,15). The van der Waals surface area contributed by atoms with Crippen LogP contribution in [-0.4, -0.2) is 65.0 Å². The first-order chi connectivity index (χ1) is 7.54. The number of aliphatic hydroxyl groups is 1. The van der Waals surface area contributed by atoms with Crippen LogP contribution in [0.25, 0.3) is 0 Å². The molecule has 0 spiro atoms. The third-order valence-electron chi connectivity index (χ3n) is 2.54. The van der Waals surface area contributed by atoms with Crippen LogP contribution in [0.15, 0.2) is 5.29 Å². The lowest BCUT2D eigenvalue weighted by atomic mass is 10.3. The first-order valence-corrected chi connectivity index (χ1v) is 5.10. The molecule has 16 heavy (non-hydrogen) atoms. The van der Waals surface area contributed by atoms with E-state index in [0.717, 1.165) is 5.12 Å². The van der Waals surface area contributed by atoms with Crippen LogP contribution in [-0.2, 0) is 4.79 Å². The topological polar surface area (TPSA) is 102 Å². The minimum absolute atomic E-state index is 0.210. The highest BCUT2D eigenvalue weighted by atomic mass is 16.3. The Morgan fingerprint density at radius 2 is 2.06 bits per heavy atom. The van der Waals surface area contributed by atoms with E-state index >= 15 is 0 Å². The van der Waals surface area contributed by atoms with Crippen LogP contribution in [0.2, 0.25) is 0 Å². The Hall–Kier alpha value is -1.25. The van der Waals surface area contributed by atoms with Crippen molar-refractivity contribution in [2.45, 2.75) is 13.2 Å². The molecule has 1 heterocycles.